The Bertz CT molecular complexity index is 163. The number of hydrogen-bond donors (Lipinski definition) is 0. The molecule has 114 valence electrons. The third-order valence-electron chi connectivity index (χ3n) is 2.46. The number of carbonyl (C=O) groups excluding carboxylic acids is 1. The van der Waals surface area contributed by atoms with Crippen molar-refractivity contribution in [2.45, 2.75) is 19.4 Å². The fourth-order valence-electron chi connectivity index (χ4n) is 1.43. The summed E-state index contributed by atoms with van der Waals surface area (Å²) in [5.41, 5.74) is 0. The van der Waals surface area contributed by atoms with Gasteiger partial charge in [0.1, 0.15) is 6.79 Å². The first-order valence-electron chi connectivity index (χ1n) is 6.65. The third kappa shape index (κ3) is 12.3. The molecule has 6 heteroatoms. The first-order chi connectivity index (χ1) is 9.43. The maximum absolute atomic E-state index is 8.00. The van der Waals surface area contributed by atoms with Crippen molar-refractivity contribution < 1.29 is 28.5 Å². The van der Waals surface area contributed by atoms with Crippen LogP contribution in [0.2, 0.25) is 0 Å². The Morgan fingerprint density at radius 2 is 1.21 bits per heavy atom. The van der Waals surface area contributed by atoms with Crippen molar-refractivity contribution >= 4 is 6.79 Å². The normalized spacial score (nSPS) is 24.4. The van der Waals surface area contributed by atoms with Crippen LogP contribution in [0.5, 0.6) is 0 Å². The van der Waals surface area contributed by atoms with Crippen LogP contribution in [0.15, 0.2) is 0 Å². The highest BCUT2D eigenvalue weighted by Gasteiger charge is 2.06. The Morgan fingerprint density at radius 3 is 1.68 bits per heavy atom. The Balaban J connectivity index is 0.00000154. The molecule has 1 aliphatic heterocycles. The van der Waals surface area contributed by atoms with Crippen LogP contribution in [0, 0.1) is 0 Å². The van der Waals surface area contributed by atoms with E-state index >= 15 is 0 Å². The molecule has 0 N–H and O–H groups in total. The zero-order chi connectivity index (χ0) is 14.2. The van der Waals surface area contributed by atoms with Gasteiger partial charge in [0.05, 0.1) is 65.6 Å². The second-order valence-corrected chi connectivity index (χ2v) is 3.81. The average molecular weight is 278 g/mol. The molecule has 1 saturated heterocycles. The molecular formula is C13H26O6. The molecule has 0 radical (unpaired) electrons. The summed E-state index contributed by atoms with van der Waals surface area (Å²) >= 11 is 0. The average Bonchev–Trinajstić information content (AvgIpc) is 2.47. The summed E-state index contributed by atoms with van der Waals surface area (Å²) in [7, 11) is 0. The summed E-state index contributed by atoms with van der Waals surface area (Å²) in [6, 6.07) is 0. The van der Waals surface area contributed by atoms with Crippen LogP contribution >= 0.6 is 0 Å². The Labute approximate surface area is 115 Å². The van der Waals surface area contributed by atoms with E-state index in [0.29, 0.717) is 59.5 Å². The Morgan fingerprint density at radius 1 is 0.789 bits per heavy atom. The van der Waals surface area contributed by atoms with Gasteiger partial charge in [0.25, 0.3) is 0 Å². The molecule has 0 spiro atoms. The summed E-state index contributed by atoms with van der Waals surface area (Å²) in [5, 5.41) is 0. The van der Waals surface area contributed by atoms with Crippen molar-refractivity contribution in [3.8, 4) is 0 Å². The van der Waals surface area contributed by atoms with Crippen LogP contribution in [0.3, 0.4) is 0 Å². The lowest BCUT2D eigenvalue weighted by Crippen LogP contribution is -2.22. The van der Waals surface area contributed by atoms with E-state index in [-0.39, 0.29) is 6.10 Å². The third-order valence-corrected chi connectivity index (χ3v) is 2.46. The topological polar surface area (TPSA) is 63.2 Å². The lowest BCUT2D eigenvalue weighted by molar-refractivity contribution is -0.0979. The van der Waals surface area contributed by atoms with Gasteiger partial charge in [-0.2, -0.15) is 0 Å². The molecule has 0 bridgehead atoms. The molecule has 0 aromatic heterocycles. The van der Waals surface area contributed by atoms with Crippen LogP contribution in [0.1, 0.15) is 13.3 Å². The van der Waals surface area contributed by atoms with Gasteiger partial charge in [-0.15, -0.1) is 0 Å². The number of hydrogen-bond acceptors (Lipinski definition) is 6. The molecule has 1 aliphatic rings. The van der Waals surface area contributed by atoms with Crippen LogP contribution in [-0.4, -0.2) is 72.4 Å². The van der Waals surface area contributed by atoms with E-state index in [1.165, 1.54) is 0 Å². The maximum atomic E-state index is 8.00. The van der Waals surface area contributed by atoms with Crippen molar-refractivity contribution in [1.82, 2.24) is 0 Å². The van der Waals surface area contributed by atoms with Gasteiger partial charge in [-0.25, -0.2) is 0 Å². The van der Waals surface area contributed by atoms with Crippen LogP contribution < -0.4 is 0 Å². The van der Waals surface area contributed by atoms with Gasteiger partial charge in [0, 0.05) is 0 Å². The minimum absolute atomic E-state index is 0.153. The molecule has 1 fully saturated rings. The lowest BCUT2D eigenvalue weighted by atomic mass is 10.3. The minimum Gasteiger partial charge on any atom is -0.377 e. The second kappa shape index (κ2) is 15.5. The van der Waals surface area contributed by atoms with Crippen LogP contribution in [-0.2, 0) is 28.5 Å². The fraction of sp³-hybridized carbons (Fsp3) is 0.923. The van der Waals surface area contributed by atoms with Crippen molar-refractivity contribution in [3.05, 3.63) is 0 Å². The molecule has 1 heterocycles. The highest BCUT2D eigenvalue weighted by molar-refractivity contribution is 5.10. The van der Waals surface area contributed by atoms with E-state index in [9.17, 15) is 0 Å². The molecule has 0 aromatic carbocycles. The number of rotatable bonds is 1. The summed E-state index contributed by atoms with van der Waals surface area (Å²) < 4.78 is 27.2. The summed E-state index contributed by atoms with van der Waals surface area (Å²) in [6.07, 6.45) is 1.10. The molecule has 19 heavy (non-hydrogen) atoms. The SMILES string of the molecule is C=O.CCC1COCCOCCOCCOCCO1. The first kappa shape index (κ1) is 18.5. The van der Waals surface area contributed by atoms with Gasteiger partial charge < -0.3 is 28.5 Å². The van der Waals surface area contributed by atoms with Gasteiger partial charge in [-0.05, 0) is 6.42 Å². The predicted molar refractivity (Wildman–Crippen MR) is 70.4 cm³/mol. The van der Waals surface area contributed by atoms with Gasteiger partial charge in [-0.1, -0.05) is 6.92 Å². The van der Waals surface area contributed by atoms with E-state index in [0.717, 1.165) is 6.42 Å². The smallest absolute Gasteiger partial charge is 0.106 e. The largest absolute Gasteiger partial charge is 0.377 e. The minimum atomic E-state index is 0.153. The fourth-order valence-corrected chi connectivity index (χ4v) is 1.43. The molecule has 0 saturated carbocycles. The van der Waals surface area contributed by atoms with E-state index in [4.69, 9.17) is 28.5 Å². The Kier molecular flexibility index (Phi) is 15.1. The van der Waals surface area contributed by atoms with Gasteiger partial charge in [-0.3, -0.25) is 0 Å². The highest BCUT2D eigenvalue weighted by atomic mass is 16.6. The van der Waals surface area contributed by atoms with Gasteiger partial charge in [0.15, 0.2) is 0 Å². The Hall–Kier alpha value is -0.530. The van der Waals surface area contributed by atoms with Crippen molar-refractivity contribution in [1.29, 1.82) is 0 Å². The second-order valence-electron chi connectivity index (χ2n) is 3.81. The quantitative estimate of drug-likeness (QED) is 0.703. The zero-order valence-electron chi connectivity index (χ0n) is 11.8. The van der Waals surface area contributed by atoms with E-state index < -0.39 is 0 Å². The molecule has 0 amide bonds. The number of ether oxygens (including phenoxy) is 5. The van der Waals surface area contributed by atoms with E-state index in [1.54, 1.807) is 0 Å². The monoisotopic (exact) mass is 278 g/mol. The standard InChI is InChI=1S/C12H24O5.CH2O/c1-2-12-11-16-8-7-14-4-3-13-5-6-15-9-10-17-12;1-2/h12H,2-11H2,1H3;1H2. The lowest BCUT2D eigenvalue weighted by Gasteiger charge is -2.16. The molecule has 0 aliphatic carbocycles. The van der Waals surface area contributed by atoms with Crippen LogP contribution in [0.25, 0.3) is 0 Å². The van der Waals surface area contributed by atoms with Crippen molar-refractivity contribution in [2.24, 2.45) is 0 Å². The summed E-state index contributed by atoms with van der Waals surface area (Å²) in [4.78, 5) is 8.00. The molecule has 1 unspecified atom stereocenters. The maximum Gasteiger partial charge on any atom is 0.106 e. The zero-order valence-corrected chi connectivity index (χ0v) is 11.8. The van der Waals surface area contributed by atoms with Crippen molar-refractivity contribution in [3.63, 3.8) is 0 Å². The summed E-state index contributed by atoms with van der Waals surface area (Å²) in [5.74, 6) is 0. The molecule has 0 aromatic rings. The number of carbonyl (C=O) groups is 1. The van der Waals surface area contributed by atoms with Gasteiger partial charge in [0.2, 0.25) is 0 Å². The predicted octanol–water partition coefficient (Wildman–Crippen LogP) is 0.677. The van der Waals surface area contributed by atoms with E-state index in [2.05, 4.69) is 6.92 Å². The first-order valence-corrected chi connectivity index (χ1v) is 6.65. The molecule has 6 nitrogen and oxygen atoms in total. The molecular weight excluding hydrogens is 252 g/mol. The van der Waals surface area contributed by atoms with Crippen LogP contribution in [0.4, 0.5) is 0 Å². The van der Waals surface area contributed by atoms with Crippen molar-refractivity contribution in [2.75, 3.05) is 59.5 Å². The van der Waals surface area contributed by atoms with Gasteiger partial charge >= 0.3 is 0 Å². The molecule has 1 rings (SSSR count). The molecule has 1 atom stereocenters. The van der Waals surface area contributed by atoms with E-state index in [1.807, 2.05) is 6.79 Å². The highest BCUT2D eigenvalue weighted by Crippen LogP contribution is 1.99. The summed E-state index contributed by atoms with van der Waals surface area (Å²) in [6.45, 7) is 9.58.